The maximum absolute atomic E-state index is 12.6. The standard InChI is InChI=1S/C19H32N4O2.ClH/c1-3-5-17-13-22(11-15-10-20-23(4-2)12-15)14-18(17)21-19(24)16-6-8-25-9-7-16;/h10,12,16-18H,3-9,11,13-14H2,1-2H3,(H,21,24);1H/t17-,18-;/m0./s1. The van der Waals surface area contributed by atoms with Crippen LogP contribution in [0, 0.1) is 11.8 Å². The van der Waals surface area contributed by atoms with Gasteiger partial charge in [-0.1, -0.05) is 13.3 Å². The van der Waals surface area contributed by atoms with Crippen LogP contribution in [0.25, 0.3) is 0 Å². The van der Waals surface area contributed by atoms with E-state index >= 15 is 0 Å². The molecule has 148 valence electrons. The molecule has 2 aliphatic heterocycles. The normalized spacial score (nSPS) is 24.4. The van der Waals surface area contributed by atoms with E-state index in [1.807, 2.05) is 10.9 Å². The summed E-state index contributed by atoms with van der Waals surface area (Å²) >= 11 is 0. The molecule has 1 amide bonds. The van der Waals surface area contributed by atoms with Crippen molar-refractivity contribution in [3.63, 3.8) is 0 Å². The van der Waals surface area contributed by atoms with Crippen molar-refractivity contribution in [2.24, 2.45) is 11.8 Å². The number of nitrogens with zero attached hydrogens (tertiary/aromatic N) is 3. The third-order valence-corrected chi connectivity index (χ3v) is 5.51. The highest BCUT2D eigenvalue weighted by Gasteiger charge is 2.34. The van der Waals surface area contributed by atoms with E-state index in [9.17, 15) is 4.79 Å². The Morgan fingerprint density at radius 1 is 1.31 bits per heavy atom. The molecule has 1 aromatic rings. The predicted molar refractivity (Wildman–Crippen MR) is 104 cm³/mol. The first-order chi connectivity index (χ1) is 12.2. The maximum atomic E-state index is 12.6. The Balaban J connectivity index is 0.00000243. The minimum Gasteiger partial charge on any atom is -0.381 e. The summed E-state index contributed by atoms with van der Waals surface area (Å²) in [6, 6.07) is 0.275. The number of hydrogen-bond acceptors (Lipinski definition) is 4. The average molecular weight is 385 g/mol. The van der Waals surface area contributed by atoms with Gasteiger partial charge in [-0.25, -0.2) is 0 Å². The van der Waals surface area contributed by atoms with Crippen molar-refractivity contribution >= 4 is 18.3 Å². The van der Waals surface area contributed by atoms with E-state index < -0.39 is 0 Å². The number of amides is 1. The van der Waals surface area contributed by atoms with Gasteiger partial charge in [0.1, 0.15) is 0 Å². The fraction of sp³-hybridized carbons (Fsp3) is 0.789. The van der Waals surface area contributed by atoms with E-state index in [1.54, 1.807) is 0 Å². The molecule has 7 heteroatoms. The van der Waals surface area contributed by atoms with E-state index in [4.69, 9.17) is 4.74 Å². The summed E-state index contributed by atoms with van der Waals surface area (Å²) in [5, 5.41) is 7.73. The number of hydrogen-bond donors (Lipinski definition) is 1. The van der Waals surface area contributed by atoms with Gasteiger partial charge >= 0.3 is 0 Å². The van der Waals surface area contributed by atoms with Gasteiger partial charge in [-0.3, -0.25) is 14.4 Å². The van der Waals surface area contributed by atoms with Crippen molar-refractivity contribution < 1.29 is 9.53 Å². The Bertz CT molecular complexity index is 559. The fourth-order valence-corrected chi connectivity index (χ4v) is 4.10. The number of aromatic nitrogens is 2. The fourth-order valence-electron chi connectivity index (χ4n) is 4.10. The number of aryl methyl sites for hydroxylation is 1. The van der Waals surface area contributed by atoms with Crippen LogP contribution in [0.2, 0.25) is 0 Å². The smallest absolute Gasteiger partial charge is 0.223 e. The molecule has 0 bridgehead atoms. The zero-order valence-electron chi connectivity index (χ0n) is 16.0. The van der Waals surface area contributed by atoms with Gasteiger partial charge in [0.2, 0.25) is 5.91 Å². The molecule has 0 unspecified atom stereocenters. The number of carbonyl (C=O) groups excluding carboxylic acids is 1. The number of rotatable bonds is 7. The minimum absolute atomic E-state index is 0. The summed E-state index contributed by atoms with van der Waals surface area (Å²) in [4.78, 5) is 15.1. The third-order valence-electron chi connectivity index (χ3n) is 5.51. The van der Waals surface area contributed by atoms with Crippen LogP contribution < -0.4 is 5.32 Å². The Labute approximate surface area is 163 Å². The van der Waals surface area contributed by atoms with Gasteiger partial charge in [0.15, 0.2) is 0 Å². The van der Waals surface area contributed by atoms with Crippen LogP contribution in [0.1, 0.15) is 45.1 Å². The Morgan fingerprint density at radius 2 is 2.08 bits per heavy atom. The van der Waals surface area contributed by atoms with Crippen LogP contribution in [0.4, 0.5) is 0 Å². The van der Waals surface area contributed by atoms with E-state index in [2.05, 4.69) is 35.4 Å². The topological polar surface area (TPSA) is 59.4 Å². The van der Waals surface area contributed by atoms with E-state index in [-0.39, 0.29) is 30.3 Å². The number of ether oxygens (including phenoxy) is 1. The number of nitrogens with one attached hydrogen (secondary N) is 1. The van der Waals surface area contributed by atoms with E-state index in [0.29, 0.717) is 19.1 Å². The zero-order chi connectivity index (χ0) is 17.6. The molecule has 6 nitrogen and oxygen atoms in total. The molecule has 2 saturated heterocycles. The molecule has 1 aromatic heterocycles. The predicted octanol–water partition coefficient (Wildman–Crippen LogP) is 2.47. The zero-order valence-corrected chi connectivity index (χ0v) is 16.8. The summed E-state index contributed by atoms with van der Waals surface area (Å²) < 4.78 is 7.35. The van der Waals surface area contributed by atoms with E-state index in [1.165, 1.54) is 12.0 Å². The summed E-state index contributed by atoms with van der Waals surface area (Å²) in [5.74, 6) is 0.915. The molecular weight excluding hydrogens is 352 g/mol. The number of halogens is 1. The second-order valence-electron chi connectivity index (χ2n) is 7.45. The molecule has 3 heterocycles. The lowest BCUT2D eigenvalue weighted by Gasteiger charge is -2.25. The van der Waals surface area contributed by atoms with Crippen molar-refractivity contribution in [1.29, 1.82) is 0 Å². The van der Waals surface area contributed by atoms with E-state index in [0.717, 1.165) is 45.4 Å². The quantitative estimate of drug-likeness (QED) is 0.784. The molecule has 0 spiro atoms. The monoisotopic (exact) mass is 384 g/mol. The van der Waals surface area contributed by atoms with Crippen molar-refractivity contribution in [2.45, 2.75) is 58.7 Å². The van der Waals surface area contributed by atoms with Crippen LogP contribution in [-0.4, -0.2) is 52.9 Å². The molecule has 3 rings (SSSR count). The van der Waals surface area contributed by atoms with Crippen molar-refractivity contribution in [1.82, 2.24) is 20.0 Å². The number of likely N-dealkylation sites (tertiary alicyclic amines) is 1. The molecule has 26 heavy (non-hydrogen) atoms. The highest BCUT2D eigenvalue weighted by Crippen LogP contribution is 2.24. The van der Waals surface area contributed by atoms with Gasteiger partial charge in [-0.2, -0.15) is 5.10 Å². The first-order valence-electron chi connectivity index (χ1n) is 9.81. The van der Waals surface area contributed by atoms with Gasteiger partial charge in [0, 0.05) is 63.1 Å². The molecule has 2 aliphatic rings. The first-order valence-corrected chi connectivity index (χ1v) is 9.81. The summed E-state index contributed by atoms with van der Waals surface area (Å²) in [6.45, 7) is 9.59. The summed E-state index contributed by atoms with van der Waals surface area (Å²) in [7, 11) is 0. The number of carbonyl (C=O) groups is 1. The minimum atomic E-state index is 0. The molecule has 0 radical (unpaired) electrons. The average Bonchev–Trinajstić information content (AvgIpc) is 3.23. The molecule has 2 fully saturated rings. The highest BCUT2D eigenvalue weighted by molar-refractivity contribution is 5.85. The van der Waals surface area contributed by atoms with Crippen molar-refractivity contribution in [3.8, 4) is 0 Å². The molecule has 0 aromatic carbocycles. The first kappa shape index (κ1) is 21.2. The van der Waals surface area contributed by atoms with Gasteiger partial charge in [0.05, 0.1) is 6.20 Å². The van der Waals surface area contributed by atoms with Crippen LogP contribution in [0.15, 0.2) is 12.4 Å². The van der Waals surface area contributed by atoms with Crippen LogP contribution in [0.3, 0.4) is 0 Å². The van der Waals surface area contributed by atoms with Gasteiger partial charge in [-0.15, -0.1) is 12.4 Å². The Morgan fingerprint density at radius 3 is 2.73 bits per heavy atom. The summed E-state index contributed by atoms with van der Waals surface area (Å²) in [6.07, 6.45) is 8.14. The van der Waals surface area contributed by atoms with Crippen molar-refractivity contribution in [3.05, 3.63) is 18.0 Å². The SMILES string of the molecule is CCC[C@H]1CN(Cc2cnn(CC)c2)C[C@@H]1NC(=O)C1CCOCC1.Cl. The van der Waals surface area contributed by atoms with Gasteiger partial charge < -0.3 is 10.1 Å². The second kappa shape index (κ2) is 10.3. The van der Waals surface area contributed by atoms with Crippen LogP contribution in [-0.2, 0) is 22.6 Å². The molecule has 1 N–H and O–H groups in total. The Hall–Kier alpha value is -1.11. The highest BCUT2D eigenvalue weighted by atomic mass is 35.5. The maximum Gasteiger partial charge on any atom is 0.223 e. The lowest BCUT2D eigenvalue weighted by atomic mass is 9.95. The van der Waals surface area contributed by atoms with Crippen molar-refractivity contribution in [2.75, 3.05) is 26.3 Å². The summed E-state index contributed by atoms with van der Waals surface area (Å²) in [5.41, 5.74) is 1.26. The Kier molecular flexibility index (Phi) is 8.38. The lowest BCUT2D eigenvalue weighted by Crippen LogP contribution is -2.44. The molecular formula is C19H33ClN4O2. The van der Waals surface area contributed by atoms with Crippen LogP contribution in [0.5, 0.6) is 0 Å². The molecule has 0 saturated carbocycles. The van der Waals surface area contributed by atoms with Crippen LogP contribution >= 0.6 is 12.4 Å². The molecule has 2 atom stereocenters. The molecule has 0 aliphatic carbocycles. The lowest BCUT2D eigenvalue weighted by molar-refractivity contribution is -0.128. The second-order valence-corrected chi connectivity index (χ2v) is 7.45. The largest absolute Gasteiger partial charge is 0.381 e. The van der Waals surface area contributed by atoms with Gasteiger partial charge in [0.25, 0.3) is 0 Å². The van der Waals surface area contributed by atoms with Gasteiger partial charge in [-0.05, 0) is 32.1 Å². The third kappa shape index (κ3) is 5.44.